The zero-order chi connectivity index (χ0) is 20.0. The molecule has 0 unspecified atom stereocenters. The molecule has 0 radical (unpaired) electrons. The topological polar surface area (TPSA) is 78.5 Å². The number of halogens is 2. The molecule has 2 rings (SSSR count). The number of rotatable bonds is 6. The van der Waals surface area contributed by atoms with Crippen molar-refractivity contribution in [1.82, 2.24) is 10.2 Å². The molecule has 2 aromatic rings. The lowest BCUT2D eigenvalue weighted by Crippen LogP contribution is -2.41. The van der Waals surface area contributed by atoms with Crippen molar-refractivity contribution in [2.75, 3.05) is 25.5 Å². The zero-order valence-corrected chi connectivity index (χ0v) is 16.5. The molecule has 0 bridgehead atoms. The first-order valence-electron chi connectivity index (χ1n) is 8.10. The van der Waals surface area contributed by atoms with Crippen LogP contribution in [0.15, 0.2) is 46.9 Å². The largest absolute Gasteiger partial charge is 0.343 e. The number of hydrogen-bond acceptors (Lipinski definition) is 3. The minimum absolute atomic E-state index is 0.152. The van der Waals surface area contributed by atoms with Gasteiger partial charge in [-0.25, -0.2) is 4.39 Å². The standard InChI is InChI=1S/C19H19BrFN3O3/c1-12-9-14(20)5-8-16(12)23-17(25)11-24(2)18(26)10-22-19(27)13-3-6-15(21)7-4-13/h3-9H,10-11H2,1-2H3,(H,22,27)(H,23,25). The molecule has 8 heteroatoms. The third-order valence-corrected chi connectivity index (χ3v) is 4.27. The maximum absolute atomic E-state index is 12.9. The highest BCUT2D eigenvalue weighted by Gasteiger charge is 2.15. The van der Waals surface area contributed by atoms with Crippen LogP contribution in [-0.2, 0) is 9.59 Å². The SMILES string of the molecule is Cc1cc(Br)ccc1NC(=O)CN(C)C(=O)CNC(=O)c1ccc(F)cc1. The Bertz CT molecular complexity index is 856. The number of likely N-dealkylation sites (N-methyl/N-ethyl adjacent to an activating group) is 1. The summed E-state index contributed by atoms with van der Waals surface area (Å²) >= 11 is 3.35. The van der Waals surface area contributed by atoms with E-state index in [2.05, 4.69) is 26.6 Å². The molecule has 3 amide bonds. The number of amides is 3. The predicted molar refractivity (Wildman–Crippen MR) is 104 cm³/mol. The van der Waals surface area contributed by atoms with E-state index in [-0.39, 0.29) is 24.6 Å². The lowest BCUT2D eigenvalue weighted by atomic mass is 10.2. The van der Waals surface area contributed by atoms with E-state index in [0.717, 1.165) is 22.2 Å². The Morgan fingerprint density at radius 1 is 1.11 bits per heavy atom. The second-order valence-electron chi connectivity index (χ2n) is 5.95. The van der Waals surface area contributed by atoms with E-state index < -0.39 is 17.6 Å². The predicted octanol–water partition coefficient (Wildman–Crippen LogP) is 2.72. The highest BCUT2D eigenvalue weighted by Crippen LogP contribution is 2.19. The molecule has 0 fully saturated rings. The smallest absolute Gasteiger partial charge is 0.251 e. The number of benzene rings is 2. The number of carbonyl (C=O) groups excluding carboxylic acids is 3. The Kier molecular flexibility index (Phi) is 7.06. The van der Waals surface area contributed by atoms with E-state index in [9.17, 15) is 18.8 Å². The molecule has 2 N–H and O–H groups in total. The Labute approximate surface area is 164 Å². The first kappa shape index (κ1) is 20.6. The molecule has 0 aliphatic carbocycles. The van der Waals surface area contributed by atoms with Gasteiger partial charge in [-0.3, -0.25) is 14.4 Å². The van der Waals surface area contributed by atoms with Gasteiger partial charge in [-0.05, 0) is 55.0 Å². The van der Waals surface area contributed by atoms with Crippen molar-refractivity contribution in [3.63, 3.8) is 0 Å². The van der Waals surface area contributed by atoms with Crippen LogP contribution in [0.4, 0.5) is 10.1 Å². The molecule has 27 heavy (non-hydrogen) atoms. The Balaban J connectivity index is 1.83. The van der Waals surface area contributed by atoms with Crippen molar-refractivity contribution < 1.29 is 18.8 Å². The average Bonchev–Trinajstić information content (AvgIpc) is 2.62. The van der Waals surface area contributed by atoms with Crippen LogP contribution in [-0.4, -0.2) is 42.8 Å². The van der Waals surface area contributed by atoms with Crippen LogP contribution < -0.4 is 10.6 Å². The van der Waals surface area contributed by atoms with E-state index in [1.807, 2.05) is 19.1 Å². The van der Waals surface area contributed by atoms with Gasteiger partial charge in [-0.2, -0.15) is 0 Å². The molecule has 0 saturated heterocycles. The summed E-state index contributed by atoms with van der Waals surface area (Å²) in [5.74, 6) is -1.71. The van der Waals surface area contributed by atoms with Crippen LogP contribution in [0.1, 0.15) is 15.9 Å². The van der Waals surface area contributed by atoms with Crippen molar-refractivity contribution in [3.8, 4) is 0 Å². The molecule has 0 aromatic heterocycles. The van der Waals surface area contributed by atoms with Gasteiger partial charge in [0.15, 0.2) is 0 Å². The highest BCUT2D eigenvalue weighted by atomic mass is 79.9. The summed E-state index contributed by atoms with van der Waals surface area (Å²) in [6, 6.07) is 10.4. The number of hydrogen-bond donors (Lipinski definition) is 2. The minimum atomic E-state index is -0.494. The number of anilines is 1. The maximum atomic E-state index is 12.9. The molecular formula is C19H19BrFN3O3. The lowest BCUT2D eigenvalue weighted by Gasteiger charge is -2.17. The molecule has 0 aliphatic heterocycles. The average molecular weight is 436 g/mol. The van der Waals surface area contributed by atoms with Crippen LogP contribution in [0.3, 0.4) is 0 Å². The summed E-state index contributed by atoms with van der Waals surface area (Å²) in [6.45, 7) is 1.44. The summed E-state index contributed by atoms with van der Waals surface area (Å²) in [7, 11) is 1.47. The fourth-order valence-electron chi connectivity index (χ4n) is 2.25. The second-order valence-corrected chi connectivity index (χ2v) is 6.86. The van der Waals surface area contributed by atoms with Crippen LogP contribution in [0.5, 0.6) is 0 Å². The van der Waals surface area contributed by atoms with Gasteiger partial charge in [-0.15, -0.1) is 0 Å². The summed E-state index contributed by atoms with van der Waals surface area (Å²) in [6.07, 6.45) is 0. The Hall–Kier alpha value is -2.74. The molecule has 142 valence electrons. The third-order valence-electron chi connectivity index (χ3n) is 3.78. The number of nitrogens with one attached hydrogen (secondary N) is 2. The van der Waals surface area contributed by atoms with Crippen LogP contribution >= 0.6 is 15.9 Å². The van der Waals surface area contributed by atoms with Gasteiger partial charge >= 0.3 is 0 Å². The first-order valence-corrected chi connectivity index (χ1v) is 8.89. The molecule has 0 aliphatic rings. The maximum Gasteiger partial charge on any atom is 0.251 e. The van der Waals surface area contributed by atoms with Crippen molar-refractivity contribution >= 4 is 39.3 Å². The van der Waals surface area contributed by atoms with E-state index in [1.165, 1.54) is 24.1 Å². The fourth-order valence-corrected chi connectivity index (χ4v) is 2.73. The Morgan fingerprint density at radius 2 is 1.78 bits per heavy atom. The normalized spacial score (nSPS) is 10.2. The van der Waals surface area contributed by atoms with Crippen LogP contribution in [0.25, 0.3) is 0 Å². The van der Waals surface area contributed by atoms with E-state index in [0.29, 0.717) is 5.69 Å². The highest BCUT2D eigenvalue weighted by molar-refractivity contribution is 9.10. The molecular weight excluding hydrogens is 417 g/mol. The molecule has 0 heterocycles. The number of carbonyl (C=O) groups is 3. The Morgan fingerprint density at radius 3 is 2.41 bits per heavy atom. The molecule has 0 saturated carbocycles. The van der Waals surface area contributed by atoms with Crippen molar-refractivity contribution in [3.05, 3.63) is 63.9 Å². The summed E-state index contributed by atoms with van der Waals surface area (Å²) in [4.78, 5) is 37.4. The molecule has 2 aromatic carbocycles. The molecule has 0 spiro atoms. The van der Waals surface area contributed by atoms with Gasteiger partial charge in [0.2, 0.25) is 11.8 Å². The first-order chi connectivity index (χ1) is 12.8. The van der Waals surface area contributed by atoms with Crippen molar-refractivity contribution in [2.24, 2.45) is 0 Å². The van der Waals surface area contributed by atoms with Crippen molar-refractivity contribution in [1.29, 1.82) is 0 Å². The minimum Gasteiger partial charge on any atom is -0.343 e. The molecule has 0 atom stereocenters. The monoisotopic (exact) mass is 435 g/mol. The van der Waals surface area contributed by atoms with Gasteiger partial charge in [-0.1, -0.05) is 15.9 Å². The number of aryl methyl sites for hydroxylation is 1. The summed E-state index contributed by atoms with van der Waals surface area (Å²) in [5.41, 5.74) is 1.79. The van der Waals surface area contributed by atoms with Crippen LogP contribution in [0.2, 0.25) is 0 Å². The molecule has 6 nitrogen and oxygen atoms in total. The lowest BCUT2D eigenvalue weighted by molar-refractivity contribution is -0.132. The summed E-state index contributed by atoms with van der Waals surface area (Å²) in [5, 5.41) is 5.19. The second kappa shape index (κ2) is 9.27. The quantitative estimate of drug-likeness (QED) is 0.731. The third kappa shape index (κ3) is 6.18. The van der Waals surface area contributed by atoms with Gasteiger partial charge in [0.25, 0.3) is 5.91 Å². The van der Waals surface area contributed by atoms with Gasteiger partial charge < -0.3 is 15.5 Å². The van der Waals surface area contributed by atoms with Gasteiger partial charge in [0, 0.05) is 22.8 Å². The van der Waals surface area contributed by atoms with Gasteiger partial charge in [0.1, 0.15) is 5.82 Å². The fraction of sp³-hybridized carbons (Fsp3) is 0.211. The van der Waals surface area contributed by atoms with E-state index >= 15 is 0 Å². The van der Waals surface area contributed by atoms with Gasteiger partial charge in [0.05, 0.1) is 13.1 Å². The summed E-state index contributed by atoms with van der Waals surface area (Å²) < 4.78 is 13.8. The van der Waals surface area contributed by atoms with E-state index in [4.69, 9.17) is 0 Å². The van der Waals surface area contributed by atoms with E-state index in [1.54, 1.807) is 6.07 Å². The zero-order valence-electron chi connectivity index (χ0n) is 14.9. The number of nitrogens with zero attached hydrogens (tertiary/aromatic N) is 1. The van der Waals surface area contributed by atoms with Crippen LogP contribution in [0, 0.1) is 12.7 Å². The van der Waals surface area contributed by atoms with Crippen molar-refractivity contribution in [2.45, 2.75) is 6.92 Å².